The van der Waals surface area contributed by atoms with Gasteiger partial charge in [0.05, 0.1) is 4.88 Å². The first kappa shape index (κ1) is 19.5. The summed E-state index contributed by atoms with van der Waals surface area (Å²) in [4.78, 5) is 7.72. The van der Waals surface area contributed by atoms with E-state index >= 15 is 0 Å². The minimum absolute atomic E-state index is 0.243. The maximum Gasteiger partial charge on any atom is 0.282 e. The van der Waals surface area contributed by atoms with Gasteiger partial charge in [-0.25, -0.2) is 8.78 Å². The number of rotatable bonds is 7. The van der Waals surface area contributed by atoms with Crippen molar-refractivity contribution >= 4 is 21.6 Å². The van der Waals surface area contributed by atoms with Crippen molar-refractivity contribution in [1.82, 2.24) is 24.8 Å². The average Bonchev–Trinajstić information content (AvgIpc) is 3.38. The molecule has 29 heavy (non-hydrogen) atoms. The lowest BCUT2D eigenvalue weighted by atomic mass is 10.2. The molecule has 7 nitrogen and oxygen atoms in total. The first-order valence-corrected chi connectivity index (χ1v) is 9.70. The third kappa shape index (κ3) is 3.99. The van der Waals surface area contributed by atoms with E-state index in [0.717, 1.165) is 12.1 Å². The second kappa shape index (κ2) is 7.88. The number of hydrogen-bond donors (Lipinski definition) is 0. The van der Waals surface area contributed by atoms with Crippen molar-refractivity contribution in [2.75, 3.05) is 27.2 Å². The molecule has 0 amide bonds. The zero-order valence-electron chi connectivity index (χ0n) is 16.1. The molecule has 1 aromatic carbocycles. The second-order valence-corrected chi connectivity index (χ2v) is 7.77. The van der Waals surface area contributed by atoms with Crippen LogP contribution in [0.2, 0.25) is 0 Å². The lowest BCUT2D eigenvalue weighted by Crippen LogP contribution is -2.19. The molecule has 152 valence electrons. The van der Waals surface area contributed by atoms with Crippen LogP contribution in [0, 0.1) is 0 Å². The summed E-state index contributed by atoms with van der Waals surface area (Å²) in [6, 6.07) is 9.04. The number of thiophene rings is 1. The van der Waals surface area contributed by atoms with E-state index in [1.54, 1.807) is 13.1 Å². The zero-order valence-corrected chi connectivity index (χ0v) is 16.9. The standard InChI is InChI=1S/C19H19F2N5O2S/c1-25(2)7-8-27-12-6-4-5-11(9-12)17-22-18(28-24-17)14-10-13-15(16(20)21)23-26(3)19(13)29-14/h4-6,9-10,16H,7-8H2,1-3H3. The normalized spacial score (nSPS) is 11.8. The number of nitrogens with zero attached hydrogens (tertiary/aromatic N) is 5. The predicted octanol–water partition coefficient (Wildman–Crippen LogP) is 4.23. The van der Waals surface area contributed by atoms with Gasteiger partial charge in [0.1, 0.15) is 22.9 Å². The van der Waals surface area contributed by atoms with E-state index in [1.807, 2.05) is 43.3 Å². The summed E-state index contributed by atoms with van der Waals surface area (Å²) in [5.74, 6) is 1.40. The van der Waals surface area contributed by atoms with Crippen LogP contribution in [0.25, 0.3) is 32.4 Å². The van der Waals surface area contributed by atoms with Gasteiger partial charge in [0.2, 0.25) is 5.82 Å². The van der Waals surface area contributed by atoms with Gasteiger partial charge in [-0.3, -0.25) is 4.68 Å². The molecule has 0 atom stereocenters. The summed E-state index contributed by atoms with van der Waals surface area (Å²) in [5, 5.41) is 8.31. The quantitative estimate of drug-likeness (QED) is 0.447. The van der Waals surface area contributed by atoms with Crippen molar-refractivity contribution in [2.24, 2.45) is 7.05 Å². The highest BCUT2D eigenvalue weighted by Crippen LogP contribution is 2.37. The van der Waals surface area contributed by atoms with Gasteiger partial charge in [-0.05, 0) is 32.3 Å². The average molecular weight is 419 g/mol. The Bertz CT molecular complexity index is 1130. The molecule has 0 saturated heterocycles. The fraction of sp³-hybridized carbons (Fsp3) is 0.316. The number of fused-ring (bicyclic) bond motifs is 1. The van der Waals surface area contributed by atoms with E-state index in [0.29, 0.717) is 33.3 Å². The Balaban J connectivity index is 1.59. The highest BCUT2D eigenvalue weighted by Gasteiger charge is 2.22. The number of halogens is 2. The molecular formula is C19H19F2N5O2S. The SMILES string of the molecule is CN(C)CCOc1cccc(-c2noc(-c3cc4c(C(F)F)nn(C)c4s3)n2)c1. The Hall–Kier alpha value is -2.85. The van der Waals surface area contributed by atoms with Gasteiger partial charge in [-0.2, -0.15) is 10.1 Å². The molecule has 0 N–H and O–H groups in total. The van der Waals surface area contributed by atoms with Crippen molar-refractivity contribution in [3.8, 4) is 27.9 Å². The molecule has 10 heteroatoms. The Labute approximate surface area is 169 Å². The molecule has 0 spiro atoms. The van der Waals surface area contributed by atoms with Gasteiger partial charge in [0, 0.05) is 24.5 Å². The van der Waals surface area contributed by atoms with Crippen molar-refractivity contribution in [3.05, 3.63) is 36.0 Å². The molecule has 0 fully saturated rings. The monoisotopic (exact) mass is 419 g/mol. The fourth-order valence-electron chi connectivity index (χ4n) is 2.84. The van der Waals surface area contributed by atoms with Gasteiger partial charge < -0.3 is 14.2 Å². The summed E-state index contributed by atoms with van der Waals surface area (Å²) < 4.78 is 38.9. The first-order valence-electron chi connectivity index (χ1n) is 8.89. The van der Waals surface area contributed by atoms with Crippen LogP contribution in [0.3, 0.4) is 0 Å². The minimum Gasteiger partial charge on any atom is -0.492 e. The van der Waals surface area contributed by atoms with E-state index in [2.05, 4.69) is 15.2 Å². The predicted molar refractivity (Wildman–Crippen MR) is 106 cm³/mol. The highest BCUT2D eigenvalue weighted by molar-refractivity contribution is 7.21. The van der Waals surface area contributed by atoms with Crippen LogP contribution in [0.1, 0.15) is 12.1 Å². The summed E-state index contributed by atoms with van der Waals surface area (Å²) >= 11 is 1.28. The molecule has 0 radical (unpaired) electrons. The van der Waals surface area contributed by atoms with Crippen LogP contribution in [-0.4, -0.2) is 52.1 Å². The highest BCUT2D eigenvalue weighted by atomic mass is 32.1. The smallest absolute Gasteiger partial charge is 0.282 e. The van der Waals surface area contributed by atoms with Gasteiger partial charge >= 0.3 is 0 Å². The lowest BCUT2D eigenvalue weighted by Gasteiger charge is -2.11. The van der Waals surface area contributed by atoms with E-state index < -0.39 is 6.43 Å². The molecule has 3 aromatic heterocycles. The van der Waals surface area contributed by atoms with Crippen LogP contribution >= 0.6 is 11.3 Å². The molecule has 4 aromatic rings. The number of likely N-dealkylation sites (N-methyl/N-ethyl adjacent to an activating group) is 1. The molecule has 3 heterocycles. The number of benzene rings is 1. The summed E-state index contributed by atoms with van der Waals surface area (Å²) in [6.45, 7) is 1.37. The van der Waals surface area contributed by atoms with Crippen LogP contribution in [-0.2, 0) is 7.05 Å². The number of hydrogen-bond acceptors (Lipinski definition) is 7. The molecule has 4 rings (SSSR count). The Morgan fingerprint density at radius 2 is 2.10 bits per heavy atom. The van der Waals surface area contributed by atoms with Gasteiger partial charge in [0.25, 0.3) is 12.3 Å². The third-order valence-corrected chi connectivity index (χ3v) is 5.47. The maximum atomic E-state index is 13.2. The summed E-state index contributed by atoms with van der Waals surface area (Å²) in [7, 11) is 5.60. The van der Waals surface area contributed by atoms with Crippen molar-refractivity contribution in [2.45, 2.75) is 6.43 Å². The van der Waals surface area contributed by atoms with Crippen LogP contribution < -0.4 is 4.74 Å². The van der Waals surface area contributed by atoms with Crippen molar-refractivity contribution < 1.29 is 18.0 Å². The van der Waals surface area contributed by atoms with Crippen LogP contribution in [0.5, 0.6) is 5.75 Å². The van der Waals surface area contributed by atoms with Gasteiger partial charge in [-0.1, -0.05) is 17.3 Å². The molecule has 0 aliphatic carbocycles. The number of alkyl halides is 2. The van der Waals surface area contributed by atoms with Crippen molar-refractivity contribution in [1.29, 1.82) is 0 Å². The van der Waals surface area contributed by atoms with E-state index in [9.17, 15) is 8.78 Å². The van der Waals surface area contributed by atoms with Crippen LogP contribution in [0.15, 0.2) is 34.9 Å². The van der Waals surface area contributed by atoms with E-state index in [-0.39, 0.29) is 11.6 Å². The Morgan fingerprint density at radius 3 is 2.86 bits per heavy atom. The second-order valence-electron chi connectivity index (χ2n) is 6.74. The maximum absolute atomic E-state index is 13.2. The summed E-state index contributed by atoms with van der Waals surface area (Å²) in [6.07, 6.45) is -2.64. The topological polar surface area (TPSA) is 69.2 Å². The fourth-order valence-corrected chi connectivity index (χ4v) is 3.85. The third-order valence-electron chi connectivity index (χ3n) is 4.28. The van der Waals surface area contributed by atoms with Crippen molar-refractivity contribution in [3.63, 3.8) is 0 Å². The number of aromatic nitrogens is 4. The number of aryl methyl sites for hydroxylation is 1. The van der Waals surface area contributed by atoms with Gasteiger partial charge in [-0.15, -0.1) is 11.3 Å². The van der Waals surface area contributed by atoms with Crippen LogP contribution in [0.4, 0.5) is 8.78 Å². The zero-order chi connectivity index (χ0) is 20.5. The molecule has 0 aliphatic heterocycles. The molecule has 0 unspecified atom stereocenters. The number of ether oxygens (including phenoxy) is 1. The first-order chi connectivity index (χ1) is 13.9. The summed E-state index contributed by atoms with van der Waals surface area (Å²) in [5.41, 5.74) is 0.505. The van der Waals surface area contributed by atoms with Gasteiger partial charge in [0.15, 0.2) is 0 Å². The van der Waals surface area contributed by atoms with E-state index in [1.165, 1.54) is 16.0 Å². The Morgan fingerprint density at radius 1 is 1.28 bits per heavy atom. The molecule has 0 saturated carbocycles. The van der Waals surface area contributed by atoms with E-state index in [4.69, 9.17) is 9.26 Å². The molecule has 0 bridgehead atoms. The Kier molecular flexibility index (Phi) is 5.29. The largest absolute Gasteiger partial charge is 0.492 e. The molecule has 0 aliphatic rings. The minimum atomic E-state index is -2.64. The molecular weight excluding hydrogens is 400 g/mol. The lowest BCUT2D eigenvalue weighted by molar-refractivity contribution is 0.147.